The molecule has 0 radical (unpaired) electrons. The summed E-state index contributed by atoms with van der Waals surface area (Å²) in [7, 11) is 1.42. The molecule has 1 rings (SSSR count). The van der Waals surface area contributed by atoms with Gasteiger partial charge in [-0.25, -0.2) is 0 Å². The number of hydrogen-bond acceptors (Lipinski definition) is 4. The summed E-state index contributed by atoms with van der Waals surface area (Å²) in [5.74, 6) is -0.0789. The van der Waals surface area contributed by atoms with Gasteiger partial charge in [0.15, 0.2) is 0 Å². The van der Waals surface area contributed by atoms with E-state index in [4.69, 9.17) is 4.74 Å². The Morgan fingerprint density at radius 2 is 2.17 bits per heavy atom. The lowest BCUT2D eigenvalue weighted by Crippen LogP contribution is -2.42. The molecule has 1 aliphatic heterocycles. The summed E-state index contributed by atoms with van der Waals surface area (Å²) in [5.41, 5.74) is 0. The van der Waals surface area contributed by atoms with Gasteiger partial charge in [0.25, 0.3) is 0 Å². The largest absolute Gasteiger partial charge is 0.469 e. The lowest BCUT2D eigenvalue weighted by Gasteiger charge is -2.34. The number of piperidine rings is 1. The smallest absolute Gasteiger partial charge is 0.307 e. The van der Waals surface area contributed by atoms with E-state index >= 15 is 0 Å². The van der Waals surface area contributed by atoms with E-state index in [1.807, 2.05) is 6.92 Å². The topological polar surface area (TPSA) is 58.6 Å². The summed E-state index contributed by atoms with van der Waals surface area (Å²) < 4.78 is 4.72. The van der Waals surface area contributed by atoms with Crippen LogP contribution in [0.15, 0.2) is 0 Å². The molecule has 104 valence electrons. The first-order valence-electron chi connectivity index (χ1n) is 6.75. The van der Waals surface area contributed by atoms with E-state index in [1.54, 1.807) is 0 Å². The number of carbonyl (C=O) groups excluding carboxylic acids is 2. The van der Waals surface area contributed by atoms with E-state index in [0.29, 0.717) is 19.4 Å². The van der Waals surface area contributed by atoms with Crippen molar-refractivity contribution in [2.24, 2.45) is 0 Å². The zero-order valence-corrected chi connectivity index (χ0v) is 11.4. The minimum Gasteiger partial charge on any atom is -0.469 e. The standard InChI is InChI=1S/C13H24N2O3/c1-3-14-12(16)7-9-15-8-5-4-6-11(15)10-13(17)18-2/h11H,3-10H2,1-2H3,(H,14,16). The number of carbonyl (C=O) groups is 2. The molecule has 0 aromatic carbocycles. The summed E-state index contributed by atoms with van der Waals surface area (Å²) in [6.07, 6.45) is 4.26. The Kier molecular flexibility index (Phi) is 6.72. The molecule has 1 aliphatic rings. The van der Waals surface area contributed by atoms with Gasteiger partial charge >= 0.3 is 5.97 Å². The van der Waals surface area contributed by atoms with Gasteiger partial charge in [-0.15, -0.1) is 0 Å². The van der Waals surface area contributed by atoms with Crippen molar-refractivity contribution in [1.82, 2.24) is 10.2 Å². The predicted molar refractivity (Wildman–Crippen MR) is 69.1 cm³/mol. The number of nitrogens with one attached hydrogen (secondary N) is 1. The Hall–Kier alpha value is -1.10. The maximum Gasteiger partial charge on any atom is 0.307 e. The molecule has 0 saturated carbocycles. The van der Waals surface area contributed by atoms with Crippen molar-refractivity contribution in [3.05, 3.63) is 0 Å². The molecule has 0 aliphatic carbocycles. The summed E-state index contributed by atoms with van der Waals surface area (Å²) in [6, 6.07) is 0.237. The molecule has 1 atom stereocenters. The highest BCUT2D eigenvalue weighted by atomic mass is 16.5. The first-order valence-corrected chi connectivity index (χ1v) is 6.75. The average Bonchev–Trinajstić information content (AvgIpc) is 2.38. The Morgan fingerprint density at radius 1 is 1.39 bits per heavy atom. The second-order valence-corrected chi connectivity index (χ2v) is 4.67. The molecular weight excluding hydrogens is 232 g/mol. The number of likely N-dealkylation sites (tertiary alicyclic amines) is 1. The van der Waals surface area contributed by atoms with Crippen LogP contribution in [0.2, 0.25) is 0 Å². The van der Waals surface area contributed by atoms with Crippen LogP contribution in [0.4, 0.5) is 0 Å². The Bertz CT molecular complexity index is 281. The minimum atomic E-state index is -0.162. The number of hydrogen-bond donors (Lipinski definition) is 1. The molecule has 1 unspecified atom stereocenters. The highest BCUT2D eigenvalue weighted by Gasteiger charge is 2.25. The molecule has 1 amide bonds. The SMILES string of the molecule is CCNC(=O)CCN1CCCCC1CC(=O)OC. The normalized spacial score (nSPS) is 20.4. The van der Waals surface area contributed by atoms with Gasteiger partial charge < -0.3 is 10.1 Å². The Balaban J connectivity index is 2.39. The van der Waals surface area contributed by atoms with Gasteiger partial charge in [0.1, 0.15) is 0 Å². The number of nitrogens with zero attached hydrogens (tertiary/aromatic N) is 1. The van der Waals surface area contributed by atoms with Gasteiger partial charge in [-0.05, 0) is 26.3 Å². The molecule has 0 aromatic heterocycles. The number of rotatable bonds is 6. The zero-order valence-electron chi connectivity index (χ0n) is 11.4. The summed E-state index contributed by atoms with van der Waals surface area (Å²) in [5, 5.41) is 2.79. The average molecular weight is 256 g/mol. The lowest BCUT2D eigenvalue weighted by molar-refractivity contribution is -0.142. The molecule has 0 aromatic rings. The van der Waals surface area contributed by atoms with Crippen molar-refractivity contribution in [3.8, 4) is 0 Å². The third kappa shape index (κ3) is 5.04. The molecule has 5 heteroatoms. The van der Waals surface area contributed by atoms with E-state index in [0.717, 1.165) is 32.4 Å². The monoisotopic (exact) mass is 256 g/mol. The predicted octanol–water partition coefficient (Wildman–Crippen LogP) is 0.930. The molecular formula is C13H24N2O3. The fourth-order valence-corrected chi connectivity index (χ4v) is 2.39. The van der Waals surface area contributed by atoms with E-state index in [1.165, 1.54) is 7.11 Å². The lowest BCUT2D eigenvalue weighted by atomic mass is 9.99. The van der Waals surface area contributed by atoms with Crippen molar-refractivity contribution in [3.63, 3.8) is 0 Å². The quantitative estimate of drug-likeness (QED) is 0.718. The van der Waals surface area contributed by atoms with Gasteiger partial charge in [0.05, 0.1) is 13.5 Å². The second kappa shape index (κ2) is 8.08. The van der Waals surface area contributed by atoms with Crippen LogP contribution in [0.3, 0.4) is 0 Å². The molecule has 1 heterocycles. The van der Waals surface area contributed by atoms with Crippen LogP contribution in [0.25, 0.3) is 0 Å². The second-order valence-electron chi connectivity index (χ2n) is 4.67. The highest BCUT2D eigenvalue weighted by molar-refractivity contribution is 5.76. The molecule has 0 spiro atoms. The highest BCUT2D eigenvalue weighted by Crippen LogP contribution is 2.20. The first-order chi connectivity index (χ1) is 8.67. The first kappa shape index (κ1) is 15.0. The maximum absolute atomic E-state index is 11.4. The van der Waals surface area contributed by atoms with Crippen molar-refractivity contribution in [2.45, 2.75) is 45.1 Å². The van der Waals surface area contributed by atoms with E-state index in [9.17, 15) is 9.59 Å². The molecule has 1 N–H and O–H groups in total. The van der Waals surface area contributed by atoms with Crippen LogP contribution in [0, 0.1) is 0 Å². The van der Waals surface area contributed by atoms with Crippen LogP contribution >= 0.6 is 0 Å². The molecule has 0 bridgehead atoms. The number of esters is 1. The van der Waals surface area contributed by atoms with Gasteiger partial charge in [-0.1, -0.05) is 6.42 Å². The third-order valence-electron chi connectivity index (χ3n) is 3.38. The summed E-state index contributed by atoms with van der Waals surface area (Å²) in [4.78, 5) is 25.0. The van der Waals surface area contributed by atoms with Gasteiger partial charge in [0, 0.05) is 25.6 Å². The number of methoxy groups -OCH3 is 1. The van der Waals surface area contributed by atoms with Gasteiger partial charge in [0.2, 0.25) is 5.91 Å². The van der Waals surface area contributed by atoms with Crippen LogP contribution in [-0.4, -0.2) is 49.6 Å². The molecule has 1 saturated heterocycles. The maximum atomic E-state index is 11.4. The zero-order chi connectivity index (χ0) is 13.4. The van der Waals surface area contributed by atoms with Gasteiger partial charge in [-0.3, -0.25) is 14.5 Å². The van der Waals surface area contributed by atoms with Crippen molar-refractivity contribution in [2.75, 3.05) is 26.7 Å². The van der Waals surface area contributed by atoms with Crippen molar-refractivity contribution in [1.29, 1.82) is 0 Å². The fraction of sp³-hybridized carbons (Fsp3) is 0.846. The minimum absolute atomic E-state index is 0.0832. The van der Waals surface area contributed by atoms with Crippen LogP contribution in [-0.2, 0) is 14.3 Å². The summed E-state index contributed by atoms with van der Waals surface area (Å²) >= 11 is 0. The molecule has 5 nitrogen and oxygen atoms in total. The van der Waals surface area contributed by atoms with Crippen molar-refractivity contribution >= 4 is 11.9 Å². The Morgan fingerprint density at radius 3 is 2.83 bits per heavy atom. The van der Waals surface area contributed by atoms with E-state index < -0.39 is 0 Å². The molecule has 18 heavy (non-hydrogen) atoms. The van der Waals surface area contributed by atoms with E-state index in [-0.39, 0.29) is 17.9 Å². The molecule has 1 fully saturated rings. The third-order valence-corrected chi connectivity index (χ3v) is 3.38. The van der Waals surface area contributed by atoms with Crippen molar-refractivity contribution < 1.29 is 14.3 Å². The Labute approximate surface area is 109 Å². The number of ether oxygens (including phenoxy) is 1. The van der Waals surface area contributed by atoms with Crippen LogP contribution in [0.1, 0.15) is 39.0 Å². The van der Waals surface area contributed by atoms with Crippen LogP contribution in [0.5, 0.6) is 0 Å². The van der Waals surface area contributed by atoms with Crippen LogP contribution < -0.4 is 5.32 Å². The van der Waals surface area contributed by atoms with Gasteiger partial charge in [-0.2, -0.15) is 0 Å². The fourth-order valence-electron chi connectivity index (χ4n) is 2.39. The number of amides is 1. The van der Waals surface area contributed by atoms with E-state index in [2.05, 4.69) is 10.2 Å². The summed E-state index contributed by atoms with van der Waals surface area (Å²) in [6.45, 7) is 4.29.